The number of rotatable bonds is 6. The average Bonchev–Trinajstić information content (AvgIpc) is 2.84. The van der Waals surface area contributed by atoms with Crippen LogP contribution in [0, 0.1) is 0 Å². The third-order valence-corrected chi connectivity index (χ3v) is 4.34. The SMILES string of the molecule is Cn1c(CN)nnc1SCCCC(=O)N1CCOCC1. The Labute approximate surface area is 122 Å². The fraction of sp³-hybridized carbons (Fsp3) is 0.750. The van der Waals surface area contributed by atoms with Crippen molar-refractivity contribution in [1.29, 1.82) is 0 Å². The van der Waals surface area contributed by atoms with Crippen LogP contribution in [0.5, 0.6) is 0 Å². The standard InChI is InChI=1S/C12H21N5O2S/c1-16-10(9-13)14-15-12(16)20-8-2-3-11(18)17-4-6-19-7-5-17/h2-9,13H2,1H3. The van der Waals surface area contributed by atoms with E-state index in [1.165, 1.54) is 0 Å². The maximum atomic E-state index is 11.9. The Hall–Kier alpha value is -1.12. The molecule has 0 aromatic carbocycles. The molecule has 0 bridgehead atoms. The van der Waals surface area contributed by atoms with Crippen LogP contribution in [0.4, 0.5) is 0 Å². The van der Waals surface area contributed by atoms with Crippen LogP contribution in [0.15, 0.2) is 5.16 Å². The number of carbonyl (C=O) groups is 1. The van der Waals surface area contributed by atoms with Crippen molar-refractivity contribution in [2.75, 3.05) is 32.1 Å². The third-order valence-electron chi connectivity index (χ3n) is 3.24. The Morgan fingerprint density at radius 3 is 2.80 bits per heavy atom. The van der Waals surface area contributed by atoms with Gasteiger partial charge in [0.1, 0.15) is 5.82 Å². The highest BCUT2D eigenvalue weighted by atomic mass is 32.2. The Morgan fingerprint density at radius 2 is 2.15 bits per heavy atom. The van der Waals surface area contributed by atoms with Crippen molar-refractivity contribution in [3.05, 3.63) is 5.82 Å². The van der Waals surface area contributed by atoms with Crippen LogP contribution in [-0.2, 0) is 23.1 Å². The molecule has 7 nitrogen and oxygen atoms in total. The number of carbonyl (C=O) groups excluding carboxylic acids is 1. The van der Waals surface area contributed by atoms with Gasteiger partial charge >= 0.3 is 0 Å². The maximum Gasteiger partial charge on any atom is 0.222 e. The smallest absolute Gasteiger partial charge is 0.222 e. The van der Waals surface area contributed by atoms with E-state index in [2.05, 4.69) is 10.2 Å². The molecule has 0 atom stereocenters. The molecule has 1 aliphatic heterocycles. The largest absolute Gasteiger partial charge is 0.378 e. The Kier molecular flexibility index (Phi) is 5.81. The van der Waals surface area contributed by atoms with E-state index in [1.807, 2.05) is 16.5 Å². The van der Waals surface area contributed by atoms with Gasteiger partial charge in [-0.2, -0.15) is 0 Å². The van der Waals surface area contributed by atoms with Crippen LogP contribution in [-0.4, -0.2) is 57.6 Å². The first-order chi connectivity index (χ1) is 9.72. The summed E-state index contributed by atoms with van der Waals surface area (Å²) in [5.74, 6) is 1.85. The van der Waals surface area contributed by atoms with E-state index in [0.29, 0.717) is 26.2 Å². The number of nitrogens with zero attached hydrogens (tertiary/aromatic N) is 4. The lowest BCUT2D eigenvalue weighted by molar-refractivity contribution is -0.135. The van der Waals surface area contributed by atoms with Crippen molar-refractivity contribution < 1.29 is 9.53 Å². The fourth-order valence-corrected chi connectivity index (χ4v) is 2.88. The Morgan fingerprint density at radius 1 is 1.40 bits per heavy atom. The molecule has 2 rings (SSSR count). The van der Waals surface area contributed by atoms with Gasteiger partial charge in [0.05, 0.1) is 19.8 Å². The summed E-state index contributed by atoms with van der Waals surface area (Å²) >= 11 is 1.61. The van der Waals surface area contributed by atoms with Crippen LogP contribution in [0.1, 0.15) is 18.7 Å². The minimum Gasteiger partial charge on any atom is -0.378 e. The predicted molar refractivity (Wildman–Crippen MR) is 76.3 cm³/mol. The lowest BCUT2D eigenvalue weighted by atomic mass is 10.3. The second-order valence-corrected chi connectivity index (χ2v) is 5.67. The molecule has 1 aromatic heterocycles. The number of hydrogen-bond acceptors (Lipinski definition) is 6. The highest BCUT2D eigenvalue weighted by Gasteiger charge is 2.16. The zero-order chi connectivity index (χ0) is 14.4. The van der Waals surface area contributed by atoms with Gasteiger partial charge in [0.15, 0.2) is 5.16 Å². The number of morpholine rings is 1. The molecule has 0 aliphatic carbocycles. The van der Waals surface area contributed by atoms with Gasteiger partial charge in [0.25, 0.3) is 0 Å². The minimum atomic E-state index is 0.217. The Bertz CT molecular complexity index is 445. The van der Waals surface area contributed by atoms with Gasteiger partial charge in [-0.05, 0) is 6.42 Å². The highest BCUT2D eigenvalue weighted by Crippen LogP contribution is 2.17. The lowest BCUT2D eigenvalue weighted by Gasteiger charge is -2.26. The zero-order valence-electron chi connectivity index (χ0n) is 11.7. The van der Waals surface area contributed by atoms with Crippen molar-refractivity contribution in [3.8, 4) is 0 Å². The number of nitrogens with two attached hydrogens (primary N) is 1. The number of ether oxygens (including phenoxy) is 1. The molecular formula is C12H21N5O2S. The van der Waals surface area contributed by atoms with E-state index in [-0.39, 0.29) is 5.91 Å². The van der Waals surface area contributed by atoms with E-state index in [1.54, 1.807) is 11.8 Å². The molecule has 1 fully saturated rings. The quantitative estimate of drug-likeness (QED) is 0.588. The molecule has 0 spiro atoms. The van der Waals surface area contributed by atoms with E-state index in [0.717, 1.165) is 36.2 Å². The monoisotopic (exact) mass is 299 g/mol. The van der Waals surface area contributed by atoms with Gasteiger partial charge in [-0.15, -0.1) is 10.2 Å². The van der Waals surface area contributed by atoms with Crippen molar-refractivity contribution >= 4 is 17.7 Å². The van der Waals surface area contributed by atoms with Crippen LogP contribution in [0.3, 0.4) is 0 Å². The van der Waals surface area contributed by atoms with E-state index in [4.69, 9.17) is 10.5 Å². The summed E-state index contributed by atoms with van der Waals surface area (Å²) < 4.78 is 7.13. The van der Waals surface area contributed by atoms with Crippen LogP contribution in [0.25, 0.3) is 0 Å². The second-order valence-electron chi connectivity index (χ2n) is 4.61. The first-order valence-electron chi connectivity index (χ1n) is 6.79. The predicted octanol–water partition coefficient (Wildman–Crippen LogP) is 0.00490. The lowest BCUT2D eigenvalue weighted by Crippen LogP contribution is -2.40. The van der Waals surface area contributed by atoms with Gasteiger partial charge in [-0.1, -0.05) is 11.8 Å². The van der Waals surface area contributed by atoms with Crippen LogP contribution >= 0.6 is 11.8 Å². The van der Waals surface area contributed by atoms with Gasteiger partial charge in [0.2, 0.25) is 5.91 Å². The summed E-state index contributed by atoms with van der Waals surface area (Å²) in [4.78, 5) is 13.8. The normalized spacial score (nSPS) is 15.6. The molecule has 0 unspecified atom stereocenters. The molecule has 0 radical (unpaired) electrons. The number of amides is 1. The van der Waals surface area contributed by atoms with E-state index >= 15 is 0 Å². The van der Waals surface area contributed by atoms with Crippen molar-refractivity contribution in [1.82, 2.24) is 19.7 Å². The molecule has 1 aromatic rings. The maximum absolute atomic E-state index is 11.9. The topological polar surface area (TPSA) is 86.3 Å². The molecule has 0 saturated carbocycles. The molecule has 2 heterocycles. The molecule has 20 heavy (non-hydrogen) atoms. The molecule has 2 N–H and O–H groups in total. The molecule has 1 saturated heterocycles. The van der Waals surface area contributed by atoms with E-state index in [9.17, 15) is 4.79 Å². The van der Waals surface area contributed by atoms with Gasteiger partial charge in [-0.3, -0.25) is 4.79 Å². The number of aromatic nitrogens is 3. The molecule has 8 heteroatoms. The number of thioether (sulfide) groups is 1. The summed E-state index contributed by atoms with van der Waals surface area (Å²) in [5, 5.41) is 8.93. The molecule has 1 amide bonds. The summed E-state index contributed by atoms with van der Waals surface area (Å²) in [5.41, 5.74) is 5.55. The summed E-state index contributed by atoms with van der Waals surface area (Å²) in [7, 11) is 1.91. The first kappa shape index (κ1) is 15.3. The molecule has 112 valence electrons. The zero-order valence-corrected chi connectivity index (χ0v) is 12.6. The van der Waals surface area contributed by atoms with Gasteiger partial charge in [-0.25, -0.2) is 0 Å². The second kappa shape index (κ2) is 7.61. The molecule has 1 aliphatic rings. The summed E-state index contributed by atoms with van der Waals surface area (Å²) in [6, 6.07) is 0. The van der Waals surface area contributed by atoms with Crippen LogP contribution < -0.4 is 5.73 Å². The van der Waals surface area contributed by atoms with Crippen molar-refractivity contribution in [2.45, 2.75) is 24.5 Å². The summed E-state index contributed by atoms with van der Waals surface area (Å²) in [6.45, 7) is 3.13. The average molecular weight is 299 g/mol. The van der Waals surface area contributed by atoms with E-state index < -0.39 is 0 Å². The Balaban J connectivity index is 1.68. The minimum absolute atomic E-state index is 0.217. The van der Waals surface area contributed by atoms with Crippen LogP contribution in [0.2, 0.25) is 0 Å². The molecular weight excluding hydrogens is 278 g/mol. The third kappa shape index (κ3) is 3.94. The van der Waals surface area contributed by atoms with Crippen molar-refractivity contribution in [3.63, 3.8) is 0 Å². The van der Waals surface area contributed by atoms with Gasteiger partial charge < -0.3 is 19.9 Å². The first-order valence-corrected chi connectivity index (χ1v) is 7.77. The van der Waals surface area contributed by atoms with Crippen molar-refractivity contribution in [2.24, 2.45) is 12.8 Å². The number of hydrogen-bond donors (Lipinski definition) is 1. The van der Waals surface area contributed by atoms with Gasteiger partial charge in [0, 0.05) is 32.3 Å². The summed E-state index contributed by atoms with van der Waals surface area (Å²) in [6.07, 6.45) is 1.42. The highest BCUT2D eigenvalue weighted by molar-refractivity contribution is 7.99. The fourth-order valence-electron chi connectivity index (χ4n) is 2.01.